The van der Waals surface area contributed by atoms with E-state index in [4.69, 9.17) is 4.74 Å². The van der Waals surface area contributed by atoms with Crippen LogP contribution in [0.2, 0.25) is 0 Å². The third-order valence-electron chi connectivity index (χ3n) is 13.4. The molecule has 6 heteroatoms. The number of hydrogen-bond acceptors (Lipinski definition) is 5. The van der Waals surface area contributed by atoms with Gasteiger partial charge in [-0.15, -0.1) is 0 Å². The van der Waals surface area contributed by atoms with Crippen molar-refractivity contribution in [2.45, 2.75) is 334 Å². The van der Waals surface area contributed by atoms with Crippen LogP contribution in [-0.4, -0.2) is 47.4 Å². The van der Waals surface area contributed by atoms with Gasteiger partial charge in [0.2, 0.25) is 5.91 Å². The summed E-state index contributed by atoms with van der Waals surface area (Å²) in [5.74, 6) is -0.0516. The molecule has 1 amide bonds. The molecule has 62 heavy (non-hydrogen) atoms. The van der Waals surface area contributed by atoms with Gasteiger partial charge < -0.3 is 20.3 Å². The first-order chi connectivity index (χ1) is 30.5. The van der Waals surface area contributed by atoms with Crippen molar-refractivity contribution in [1.29, 1.82) is 0 Å². The van der Waals surface area contributed by atoms with E-state index < -0.39 is 12.1 Å². The smallest absolute Gasteiger partial charge is 0.305 e. The standard InChI is InChI=1S/C56H111NO5/c1-3-5-7-9-11-13-15-17-19-21-22-24-28-32-36-40-44-48-54(59)53(52-58)57-55(60)49-45-41-37-33-29-26-27-31-35-39-43-47-51-62-56(61)50-46-42-38-34-30-25-23-20-18-16-14-12-10-8-6-4-2/h53-54,58-59H,3-52H2,1-2H3,(H,57,60). The number of aliphatic hydroxyl groups excluding tert-OH is 2. The maximum absolute atomic E-state index is 12.5. The molecule has 0 spiro atoms. The Hall–Kier alpha value is -1.14. The molecule has 370 valence electrons. The summed E-state index contributed by atoms with van der Waals surface area (Å²) in [6.45, 7) is 4.95. The molecule has 0 aromatic rings. The van der Waals surface area contributed by atoms with Crippen LogP contribution in [0.3, 0.4) is 0 Å². The Morgan fingerprint density at radius 1 is 0.387 bits per heavy atom. The number of amides is 1. The van der Waals surface area contributed by atoms with Gasteiger partial charge in [0.05, 0.1) is 25.4 Å². The summed E-state index contributed by atoms with van der Waals surface area (Å²) in [6, 6.07) is -0.551. The lowest BCUT2D eigenvalue weighted by molar-refractivity contribution is -0.143. The normalized spacial score (nSPS) is 12.5. The molecule has 2 atom stereocenters. The van der Waals surface area contributed by atoms with E-state index in [1.807, 2.05) is 0 Å². The fraction of sp³-hybridized carbons (Fsp3) is 0.964. The first-order valence-corrected chi connectivity index (χ1v) is 28.3. The van der Waals surface area contributed by atoms with Crippen molar-refractivity contribution in [2.75, 3.05) is 13.2 Å². The van der Waals surface area contributed by atoms with Crippen molar-refractivity contribution in [1.82, 2.24) is 5.32 Å². The van der Waals surface area contributed by atoms with E-state index in [2.05, 4.69) is 19.2 Å². The van der Waals surface area contributed by atoms with Crippen molar-refractivity contribution in [3.05, 3.63) is 0 Å². The van der Waals surface area contributed by atoms with E-state index in [0.29, 0.717) is 25.9 Å². The van der Waals surface area contributed by atoms with E-state index in [1.54, 1.807) is 0 Å². The number of hydrogen-bond donors (Lipinski definition) is 3. The van der Waals surface area contributed by atoms with Crippen molar-refractivity contribution in [3.8, 4) is 0 Å². The molecule has 0 heterocycles. The van der Waals surface area contributed by atoms with Crippen LogP contribution in [0.15, 0.2) is 0 Å². The zero-order chi connectivity index (χ0) is 45.1. The molecule has 6 nitrogen and oxygen atoms in total. The van der Waals surface area contributed by atoms with Crippen LogP contribution in [0.4, 0.5) is 0 Å². The highest BCUT2D eigenvalue weighted by atomic mass is 16.5. The predicted molar refractivity (Wildman–Crippen MR) is 269 cm³/mol. The highest BCUT2D eigenvalue weighted by molar-refractivity contribution is 5.76. The van der Waals surface area contributed by atoms with Gasteiger partial charge in [0.1, 0.15) is 0 Å². The van der Waals surface area contributed by atoms with Crippen LogP contribution in [0.5, 0.6) is 0 Å². The van der Waals surface area contributed by atoms with E-state index >= 15 is 0 Å². The van der Waals surface area contributed by atoms with Crippen molar-refractivity contribution >= 4 is 11.9 Å². The third kappa shape index (κ3) is 48.3. The second kappa shape index (κ2) is 52.5. The molecule has 0 aliphatic carbocycles. The highest BCUT2D eigenvalue weighted by Crippen LogP contribution is 2.18. The number of nitrogens with one attached hydrogen (secondary N) is 1. The number of esters is 1. The first-order valence-electron chi connectivity index (χ1n) is 28.3. The number of unbranched alkanes of at least 4 members (excludes halogenated alkanes) is 42. The number of aliphatic hydroxyl groups is 2. The Morgan fingerprint density at radius 2 is 0.661 bits per heavy atom. The fourth-order valence-electron chi connectivity index (χ4n) is 9.05. The second-order valence-corrected chi connectivity index (χ2v) is 19.6. The van der Waals surface area contributed by atoms with Crippen LogP contribution in [-0.2, 0) is 14.3 Å². The van der Waals surface area contributed by atoms with Gasteiger partial charge >= 0.3 is 5.97 Å². The van der Waals surface area contributed by atoms with Gasteiger partial charge in [-0.1, -0.05) is 284 Å². The minimum absolute atomic E-state index is 0.00465. The number of ether oxygens (including phenoxy) is 1. The monoisotopic (exact) mass is 878 g/mol. The van der Waals surface area contributed by atoms with Crippen LogP contribution < -0.4 is 5.32 Å². The molecular formula is C56H111NO5. The van der Waals surface area contributed by atoms with Crippen LogP contribution in [0, 0.1) is 0 Å². The van der Waals surface area contributed by atoms with Gasteiger partial charge in [-0.25, -0.2) is 0 Å². The molecule has 0 fully saturated rings. The number of rotatable bonds is 53. The summed E-state index contributed by atoms with van der Waals surface area (Å²) in [6.07, 6.45) is 59.4. The SMILES string of the molecule is CCCCCCCCCCCCCCCCCCCC(O)C(CO)NC(=O)CCCCCCCCCCCCCCOC(=O)CCCCCCCCCCCCCCCCCC. The van der Waals surface area contributed by atoms with Crippen molar-refractivity contribution in [3.63, 3.8) is 0 Å². The first kappa shape index (κ1) is 60.9. The predicted octanol–water partition coefficient (Wildman–Crippen LogP) is 17.1. The van der Waals surface area contributed by atoms with Crippen LogP contribution >= 0.6 is 0 Å². The topological polar surface area (TPSA) is 95.9 Å². The summed E-state index contributed by atoms with van der Waals surface area (Å²) in [4.78, 5) is 24.5. The van der Waals surface area contributed by atoms with Crippen LogP contribution in [0.1, 0.15) is 322 Å². The lowest BCUT2D eigenvalue weighted by Crippen LogP contribution is -2.45. The molecule has 3 N–H and O–H groups in total. The lowest BCUT2D eigenvalue weighted by atomic mass is 10.0. The molecule has 0 rings (SSSR count). The maximum atomic E-state index is 12.5. The minimum Gasteiger partial charge on any atom is -0.466 e. The summed E-state index contributed by atoms with van der Waals surface area (Å²) < 4.78 is 5.48. The zero-order valence-electron chi connectivity index (χ0n) is 42.1. The lowest BCUT2D eigenvalue weighted by Gasteiger charge is -2.22. The van der Waals surface area contributed by atoms with Crippen molar-refractivity contribution < 1.29 is 24.5 Å². The summed E-state index contributed by atoms with van der Waals surface area (Å²) in [5, 5.41) is 23.3. The van der Waals surface area contributed by atoms with E-state index in [0.717, 1.165) is 57.8 Å². The summed E-state index contributed by atoms with van der Waals surface area (Å²) in [7, 11) is 0. The quantitative estimate of drug-likeness (QED) is 0.0418. The van der Waals surface area contributed by atoms with Gasteiger partial charge in [0, 0.05) is 12.8 Å². The summed E-state index contributed by atoms with van der Waals surface area (Å²) in [5.41, 5.74) is 0. The Morgan fingerprint density at radius 3 is 0.984 bits per heavy atom. The molecule has 0 aromatic heterocycles. The average molecular weight is 879 g/mol. The molecule has 0 bridgehead atoms. The average Bonchev–Trinajstić information content (AvgIpc) is 3.27. The third-order valence-corrected chi connectivity index (χ3v) is 13.4. The Kier molecular flexibility index (Phi) is 51.5. The van der Waals surface area contributed by atoms with E-state index in [1.165, 1.54) is 231 Å². The summed E-state index contributed by atoms with van der Waals surface area (Å²) >= 11 is 0. The molecule has 2 unspecified atom stereocenters. The highest BCUT2D eigenvalue weighted by Gasteiger charge is 2.20. The molecule has 0 aliphatic rings. The van der Waals surface area contributed by atoms with Gasteiger partial charge in [-0.05, 0) is 25.7 Å². The molecule has 0 aromatic carbocycles. The Labute approximate surface area is 387 Å². The molecule has 0 aliphatic heterocycles. The zero-order valence-corrected chi connectivity index (χ0v) is 42.1. The minimum atomic E-state index is -0.673. The molecule has 0 saturated heterocycles. The molecule has 0 radical (unpaired) electrons. The second-order valence-electron chi connectivity index (χ2n) is 19.6. The van der Waals surface area contributed by atoms with Gasteiger partial charge in [0.25, 0.3) is 0 Å². The van der Waals surface area contributed by atoms with Gasteiger partial charge in [-0.3, -0.25) is 9.59 Å². The van der Waals surface area contributed by atoms with Gasteiger partial charge in [0.15, 0.2) is 0 Å². The van der Waals surface area contributed by atoms with Crippen molar-refractivity contribution in [2.24, 2.45) is 0 Å². The molecular weight excluding hydrogens is 767 g/mol. The van der Waals surface area contributed by atoms with E-state index in [9.17, 15) is 19.8 Å². The Balaban J connectivity index is 3.43. The largest absolute Gasteiger partial charge is 0.466 e. The fourth-order valence-corrected chi connectivity index (χ4v) is 9.05. The van der Waals surface area contributed by atoms with Gasteiger partial charge in [-0.2, -0.15) is 0 Å². The number of carbonyl (C=O) groups excluding carboxylic acids is 2. The van der Waals surface area contributed by atoms with Crippen LogP contribution in [0.25, 0.3) is 0 Å². The molecule has 0 saturated carbocycles. The maximum Gasteiger partial charge on any atom is 0.305 e. The Bertz CT molecular complexity index is 882. The number of carbonyl (C=O) groups is 2. The van der Waals surface area contributed by atoms with E-state index in [-0.39, 0.29) is 18.5 Å².